The van der Waals surface area contributed by atoms with Gasteiger partial charge in [-0.15, -0.1) is 0 Å². The first-order chi connectivity index (χ1) is 20.3. The van der Waals surface area contributed by atoms with Crippen molar-refractivity contribution in [3.63, 3.8) is 0 Å². The Morgan fingerprint density at radius 3 is 2.17 bits per heavy atom. The molecule has 4 rings (SSSR count). The molecule has 3 amide bonds. The number of hydrogen-bond donors (Lipinski definition) is 3. The SMILES string of the molecule is CSCC[C@H](NC(=O)[C@@H]1CCCN1C(=O)[C@H](CCSC)Nc1nnnn1-c1ccccc1)C(=O)N1CCC[C@H]1C(=O)O. The number of carbonyl (C=O) groups is 4. The molecule has 13 nitrogen and oxygen atoms in total. The molecule has 0 bridgehead atoms. The zero-order chi connectivity index (χ0) is 30.1. The number of anilines is 1. The number of hydrogen-bond acceptors (Lipinski definition) is 10. The first kappa shape index (κ1) is 31.6. The molecule has 0 unspecified atom stereocenters. The molecule has 2 aromatic rings. The fourth-order valence-electron chi connectivity index (χ4n) is 5.42. The quantitative estimate of drug-likeness (QED) is 0.281. The van der Waals surface area contributed by atoms with Crippen LogP contribution in [-0.2, 0) is 19.2 Å². The van der Waals surface area contributed by atoms with Gasteiger partial charge in [-0.2, -0.15) is 28.2 Å². The lowest BCUT2D eigenvalue weighted by Crippen LogP contribution is -2.56. The number of rotatable bonds is 14. The number of aromatic nitrogens is 4. The molecule has 3 heterocycles. The molecular formula is C27H38N8O5S2. The first-order valence-corrected chi connectivity index (χ1v) is 16.9. The average molecular weight is 619 g/mol. The minimum absolute atomic E-state index is 0.234. The fourth-order valence-corrected chi connectivity index (χ4v) is 6.36. The summed E-state index contributed by atoms with van der Waals surface area (Å²) in [5.41, 5.74) is 0.739. The van der Waals surface area contributed by atoms with Crippen LogP contribution in [0.15, 0.2) is 30.3 Å². The van der Waals surface area contributed by atoms with Gasteiger partial charge in [0.05, 0.1) is 5.69 Å². The Hall–Kier alpha value is -3.33. The number of tetrazole rings is 1. The number of carboxylic acids is 1. The van der Waals surface area contributed by atoms with E-state index in [0.29, 0.717) is 69.1 Å². The summed E-state index contributed by atoms with van der Waals surface area (Å²) in [5.74, 6) is -0.414. The van der Waals surface area contributed by atoms with E-state index in [4.69, 9.17) is 0 Å². The number of likely N-dealkylation sites (tertiary alicyclic amines) is 2. The second-order valence-corrected chi connectivity index (χ2v) is 12.3. The Morgan fingerprint density at radius 1 is 0.929 bits per heavy atom. The fraction of sp³-hybridized carbons (Fsp3) is 0.593. The van der Waals surface area contributed by atoms with Gasteiger partial charge in [-0.05, 0) is 85.1 Å². The molecule has 15 heteroatoms. The minimum Gasteiger partial charge on any atom is -0.480 e. The Kier molecular flexibility index (Phi) is 11.5. The first-order valence-electron chi connectivity index (χ1n) is 14.1. The van der Waals surface area contributed by atoms with Crippen molar-refractivity contribution in [3.05, 3.63) is 30.3 Å². The van der Waals surface area contributed by atoms with Crippen molar-refractivity contribution in [2.45, 2.75) is 62.7 Å². The van der Waals surface area contributed by atoms with E-state index in [1.54, 1.807) is 28.4 Å². The highest BCUT2D eigenvalue weighted by Gasteiger charge is 2.41. The van der Waals surface area contributed by atoms with Gasteiger partial charge in [-0.3, -0.25) is 14.4 Å². The highest BCUT2D eigenvalue weighted by atomic mass is 32.2. The summed E-state index contributed by atoms with van der Waals surface area (Å²) in [6.07, 6.45) is 6.86. The molecule has 0 saturated carbocycles. The monoisotopic (exact) mass is 618 g/mol. The Balaban J connectivity index is 1.49. The molecule has 2 aliphatic heterocycles. The summed E-state index contributed by atoms with van der Waals surface area (Å²) in [6.45, 7) is 0.759. The maximum absolute atomic E-state index is 13.9. The number of amides is 3. The van der Waals surface area contributed by atoms with E-state index in [1.807, 2.05) is 42.8 Å². The lowest BCUT2D eigenvalue weighted by molar-refractivity contribution is -0.149. The van der Waals surface area contributed by atoms with E-state index >= 15 is 0 Å². The van der Waals surface area contributed by atoms with Crippen molar-refractivity contribution in [1.29, 1.82) is 0 Å². The number of nitrogens with one attached hydrogen (secondary N) is 2. The molecule has 0 spiro atoms. The summed E-state index contributed by atoms with van der Waals surface area (Å²) >= 11 is 3.15. The van der Waals surface area contributed by atoms with Gasteiger partial charge in [0.25, 0.3) is 0 Å². The molecule has 1 aromatic heterocycles. The van der Waals surface area contributed by atoms with Crippen molar-refractivity contribution in [1.82, 2.24) is 35.3 Å². The molecule has 2 fully saturated rings. The molecule has 228 valence electrons. The van der Waals surface area contributed by atoms with Crippen LogP contribution in [-0.4, -0.2) is 120 Å². The predicted octanol–water partition coefficient (Wildman–Crippen LogP) is 1.50. The summed E-state index contributed by atoms with van der Waals surface area (Å²) in [5, 5.41) is 27.6. The highest BCUT2D eigenvalue weighted by molar-refractivity contribution is 7.98. The van der Waals surface area contributed by atoms with Crippen LogP contribution in [0.3, 0.4) is 0 Å². The van der Waals surface area contributed by atoms with Crippen LogP contribution < -0.4 is 10.6 Å². The second kappa shape index (κ2) is 15.2. The summed E-state index contributed by atoms with van der Waals surface area (Å²) in [6, 6.07) is 6.19. The molecule has 2 aliphatic rings. The number of para-hydroxylation sites is 1. The normalized spacial score (nSPS) is 19.9. The van der Waals surface area contributed by atoms with Crippen LogP contribution in [0, 0.1) is 0 Å². The Morgan fingerprint density at radius 2 is 1.52 bits per heavy atom. The van der Waals surface area contributed by atoms with E-state index in [-0.39, 0.29) is 11.8 Å². The number of carbonyl (C=O) groups excluding carboxylic acids is 3. The minimum atomic E-state index is -1.04. The number of carboxylic acid groups (broad SMARTS) is 1. The van der Waals surface area contributed by atoms with Gasteiger partial charge in [0.2, 0.25) is 23.7 Å². The zero-order valence-corrected chi connectivity index (χ0v) is 25.5. The van der Waals surface area contributed by atoms with E-state index in [1.165, 1.54) is 9.58 Å². The van der Waals surface area contributed by atoms with Crippen molar-refractivity contribution in [2.24, 2.45) is 0 Å². The molecular weight excluding hydrogens is 580 g/mol. The van der Waals surface area contributed by atoms with Crippen LogP contribution in [0.5, 0.6) is 0 Å². The largest absolute Gasteiger partial charge is 0.480 e. The van der Waals surface area contributed by atoms with Crippen LogP contribution in [0.1, 0.15) is 38.5 Å². The van der Waals surface area contributed by atoms with Gasteiger partial charge in [-0.1, -0.05) is 23.3 Å². The van der Waals surface area contributed by atoms with Crippen LogP contribution in [0.4, 0.5) is 5.95 Å². The smallest absolute Gasteiger partial charge is 0.326 e. The van der Waals surface area contributed by atoms with Crippen LogP contribution in [0.2, 0.25) is 0 Å². The van der Waals surface area contributed by atoms with Crippen LogP contribution in [0.25, 0.3) is 5.69 Å². The van der Waals surface area contributed by atoms with Gasteiger partial charge in [0.1, 0.15) is 24.2 Å². The standard InChI is InChI=1S/C27H38N8O5S2/c1-41-16-12-19(24(37)34-15-7-11-22(34)26(39)40)28-23(36)21-10-6-14-33(21)25(38)20(13-17-42-2)29-27-30-31-32-35(27)18-8-4-3-5-9-18/h3-5,8-9,19-22H,6-7,10-17H2,1-2H3,(H,28,36)(H,39,40)(H,29,30,32)/t19-,20-,21-,22-/m0/s1. The molecule has 0 radical (unpaired) electrons. The number of nitrogens with zero attached hydrogens (tertiary/aromatic N) is 6. The third kappa shape index (κ3) is 7.54. The highest BCUT2D eigenvalue weighted by Crippen LogP contribution is 2.24. The number of benzene rings is 1. The number of thioether (sulfide) groups is 2. The van der Waals surface area contributed by atoms with E-state index < -0.39 is 36.0 Å². The van der Waals surface area contributed by atoms with Gasteiger partial charge >= 0.3 is 5.97 Å². The van der Waals surface area contributed by atoms with Crippen molar-refractivity contribution in [3.8, 4) is 5.69 Å². The van der Waals surface area contributed by atoms with E-state index in [2.05, 4.69) is 26.2 Å². The predicted molar refractivity (Wildman–Crippen MR) is 162 cm³/mol. The summed E-state index contributed by atoms with van der Waals surface area (Å²) in [7, 11) is 0. The third-order valence-corrected chi connectivity index (χ3v) is 8.85. The molecule has 4 atom stereocenters. The van der Waals surface area contributed by atoms with Gasteiger partial charge in [0.15, 0.2) is 0 Å². The van der Waals surface area contributed by atoms with Crippen molar-refractivity contribution >= 4 is 53.2 Å². The van der Waals surface area contributed by atoms with Gasteiger partial charge < -0.3 is 25.5 Å². The lowest BCUT2D eigenvalue weighted by atomic mass is 10.1. The van der Waals surface area contributed by atoms with Gasteiger partial charge in [0, 0.05) is 13.1 Å². The molecule has 3 N–H and O–H groups in total. The van der Waals surface area contributed by atoms with E-state index in [0.717, 1.165) is 5.69 Å². The average Bonchev–Trinajstić information content (AvgIpc) is 3.78. The molecule has 42 heavy (non-hydrogen) atoms. The Bertz CT molecular complexity index is 1230. The van der Waals surface area contributed by atoms with Crippen molar-refractivity contribution in [2.75, 3.05) is 42.4 Å². The van der Waals surface area contributed by atoms with Gasteiger partial charge in [-0.25, -0.2) is 4.79 Å². The molecule has 1 aromatic carbocycles. The zero-order valence-electron chi connectivity index (χ0n) is 23.8. The molecule has 0 aliphatic carbocycles. The summed E-state index contributed by atoms with van der Waals surface area (Å²) < 4.78 is 1.53. The van der Waals surface area contributed by atoms with E-state index in [9.17, 15) is 24.3 Å². The maximum atomic E-state index is 13.9. The molecule has 2 saturated heterocycles. The summed E-state index contributed by atoms with van der Waals surface area (Å²) in [4.78, 5) is 55.6. The number of aliphatic carboxylic acids is 1. The second-order valence-electron chi connectivity index (χ2n) is 10.3. The van der Waals surface area contributed by atoms with Crippen molar-refractivity contribution < 1.29 is 24.3 Å². The maximum Gasteiger partial charge on any atom is 0.326 e. The topological polar surface area (TPSA) is 163 Å². The third-order valence-electron chi connectivity index (χ3n) is 7.57. The lowest BCUT2D eigenvalue weighted by Gasteiger charge is -2.31. The Labute approximate surface area is 253 Å². The van der Waals surface area contributed by atoms with Crippen LogP contribution >= 0.6 is 23.5 Å².